The summed E-state index contributed by atoms with van der Waals surface area (Å²) in [5.74, 6) is -5.34. The maximum atomic E-state index is 11.6. The van der Waals surface area contributed by atoms with Gasteiger partial charge in [-0.2, -0.15) is 0 Å². The third kappa shape index (κ3) is 11.0. The number of Topliss-reactive ketones (excluding diaryl/α,β-unsaturated/α-hetero) is 1. The fourth-order valence-corrected chi connectivity index (χ4v) is 3.82. The summed E-state index contributed by atoms with van der Waals surface area (Å²) in [7, 11) is 1.36. The highest BCUT2D eigenvalue weighted by atomic mass is 35.5. The second kappa shape index (κ2) is 17.8. The lowest BCUT2D eigenvalue weighted by Gasteiger charge is -2.14. The van der Waals surface area contributed by atoms with E-state index in [-0.39, 0.29) is 81.1 Å². The van der Waals surface area contributed by atoms with Crippen molar-refractivity contribution in [3.05, 3.63) is 57.6 Å². The number of hydrogen-bond donors (Lipinski definition) is 6. The van der Waals surface area contributed by atoms with Gasteiger partial charge in [-0.05, 0) is 12.5 Å². The van der Waals surface area contributed by atoms with Gasteiger partial charge in [0.15, 0.2) is 23.2 Å². The van der Waals surface area contributed by atoms with E-state index in [4.69, 9.17) is 11.6 Å². The Kier molecular flexibility index (Phi) is 14.2. The molecule has 0 atom stereocenters. The zero-order valence-corrected chi connectivity index (χ0v) is 28.7. The molecule has 3 aliphatic heterocycles. The van der Waals surface area contributed by atoms with Crippen LogP contribution in [0.25, 0.3) is 6.58 Å². The number of allylic oxidation sites excluding steroid dienone is 1. The number of aromatic hydroxyl groups is 1. The summed E-state index contributed by atoms with van der Waals surface area (Å²) in [6.45, 7) is 16.4. The van der Waals surface area contributed by atoms with Gasteiger partial charge in [0.05, 0.1) is 27.5 Å². The molecular weight excluding hydrogens is 694 g/mol. The van der Waals surface area contributed by atoms with E-state index >= 15 is 0 Å². The molecule has 0 bridgehead atoms. The average Bonchev–Trinajstić information content (AvgIpc) is 3.04. The van der Waals surface area contributed by atoms with Gasteiger partial charge < -0.3 is 36.4 Å². The van der Waals surface area contributed by atoms with Crippen molar-refractivity contribution in [3.63, 3.8) is 0 Å². The number of ether oxygens (including phenoxy) is 1. The number of aliphatic imine (C=N–C) groups is 2. The number of nitrogens with zero attached hydrogens (tertiary/aromatic N) is 4. The molecule has 0 unspecified atom stereocenters. The standard InChI is InChI=1S/C11H10N4O4.C11H13N3O4.C9H9ClN2O2/c1-3-5(16)13-9-8(17)7-6(4(2)12-9)14-10(18)11(19)15-7;1-6-8(13-7(2)15)4-9(16)11(12-6)14-10(17)5-18-3;1-4-5(2)11-9(12-6(3)13)8(14)7(4)10/h17H,2-3H2,1H3,(H,15,19)(H,12,13,16);4H,1,5H2,2-3H3,(H,13,15)(H,12,14,17);2H2,1,3H3,(H,11,12,13). The molecule has 20 heteroatoms. The Balaban J connectivity index is 0.000000268. The summed E-state index contributed by atoms with van der Waals surface area (Å²) in [6, 6.07) is 0. The molecule has 3 aliphatic rings. The van der Waals surface area contributed by atoms with Crippen molar-refractivity contribution in [2.45, 2.75) is 34.1 Å². The van der Waals surface area contributed by atoms with Crippen molar-refractivity contribution < 1.29 is 48.2 Å². The van der Waals surface area contributed by atoms with Crippen LogP contribution in [-0.4, -0.2) is 82.5 Å². The second-order valence-corrected chi connectivity index (χ2v) is 10.5. The highest BCUT2D eigenvalue weighted by Gasteiger charge is 2.26. The fourth-order valence-electron chi connectivity index (χ4n) is 3.62. The predicted molar refractivity (Wildman–Crippen MR) is 182 cm³/mol. The minimum absolute atomic E-state index is 0.0170. The minimum Gasteiger partial charge on any atom is -0.503 e. The van der Waals surface area contributed by atoms with Crippen LogP contribution in [0.15, 0.2) is 61.9 Å². The largest absolute Gasteiger partial charge is 0.503 e. The molecule has 4 rings (SSSR count). The number of fused-ring (bicyclic) bond motifs is 1. The van der Waals surface area contributed by atoms with Crippen LogP contribution in [0.2, 0.25) is 0 Å². The number of dihydropyridines is 2. The van der Waals surface area contributed by atoms with Gasteiger partial charge in [0, 0.05) is 33.5 Å². The second-order valence-electron chi connectivity index (χ2n) is 10.1. The van der Waals surface area contributed by atoms with Gasteiger partial charge in [0.1, 0.15) is 17.7 Å². The Hall–Kier alpha value is -6.47. The molecule has 4 heterocycles. The topological polar surface area (TPSA) is 276 Å². The van der Waals surface area contributed by atoms with Gasteiger partial charge in [0.25, 0.3) is 5.91 Å². The number of rotatable bonds is 5. The SMILES string of the molecule is C=C1N=C(NC(=O)COC)C(=O)C=C1NC(C)=O.C=C1N=C(NC(C)=O)C(=O)C(Cl)=C1C.C=c1nc(NC(=O)CC)c(O)c2c1=NC(=O)C(=O)N2. The van der Waals surface area contributed by atoms with Crippen LogP contribution in [0.5, 0.6) is 5.75 Å². The van der Waals surface area contributed by atoms with Crippen LogP contribution in [-0.2, 0) is 43.1 Å². The molecule has 0 aromatic carbocycles. The number of amidine groups is 2. The Morgan fingerprint density at radius 1 is 0.902 bits per heavy atom. The van der Waals surface area contributed by atoms with Gasteiger partial charge in [-0.15, -0.1) is 0 Å². The number of halogens is 1. The van der Waals surface area contributed by atoms with Gasteiger partial charge in [-0.3, -0.25) is 38.4 Å². The Labute approximate surface area is 294 Å². The van der Waals surface area contributed by atoms with Gasteiger partial charge in [-0.1, -0.05) is 38.3 Å². The molecule has 51 heavy (non-hydrogen) atoms. The number of carbonyl (C=O) groups excluding carboxylic acids is 8. The van der Waals surface area contributed by atoms with Crippen molar-refractivity contribution in [2.24, 2.45) is 15.0 Å². The van der Waals surface area contributed by atoms with E-state index in [0.717, 1.165) is 6.08 Å². The van der Waals surface area contributed by atoms with E-state index in [1.807, 2.05) is 0 Å². The first-order valence-corrected chi connectivity index (χ1v) is 14.7. The molecule has 1 aromatic heterocycles. The van der Waals surface area contributed by atoms with Gasteiger partial charge in [0.2, 0.25) is 29.3 Å². The zero-order chi connectivity index (χ0) is 38.7. The molecule has 268 valence electrons. The molecule has 1 aromatic rings. The van der Waals surface area contributed by atoms with Crippen LogP contribution in [0.1, 0.15) is 34.1 Å². The van der Waals surface area contributed by atoms with E-state index in [1.165, 1.54) is 21.0 Å². The Morgan fingerprint density at radius 2 is 1.51 bits per heavy atom. The highest BCUT2D eigenvalue weighted by Crippen LogP contribution is 2.26. The summed E-state index contributed by atoms with van der Waals surface area (Å²) in [6.07, 6.45) is 1.35. The first kappa shape index (κ1) is 40.7. The lowest BCUT2D eigenvalue weighted by molar-refractivity contribution is -0.134. The van der Waals surface area contributed by atoms with Crippen molar-refractivity contribution in [1.29, 1.82) is 0 Å². The molecule has 0 radical (unpaired) electrons. The monoisotopic (exact) mass is 725 g/mol. The lowest BCUT2D eigenvalue weighted by atomic mass is 10.1. The number of methoxy groups -OCH3 is 1. The summed E-state index contributed by atoms with van der Waals surface area (Å²) in [4.78, 5) is 104. The number of ketones is 2. The molecule has 6 N–H and O–H groups in total. The highest BCUT2D eigenvalue weighted by molar-refractivity contribution is 6.60. The number of hydrogen-bond acceptors (Lipinski definition) is 13. The Bertz CT molecular complexity index is 2030. The van der Waals surface area contributed by atoms with E-state index in [1.54, 1.807) is 13.8 Å². The van der Waals surface area contributed by atoms with Crippen molar-refractivity contribution in [1.82, 2.24) is 20.9 Å². The third-order valence-electron chi connectivity index (χ3n) is 6.07. The molecule has 0 aliphatic carbocycles. The van der Waals surface area contributed by atoms with Gasteiger partial charge >= 0.3 is 11.8 Å². The van der Waals surface area contributed by atoms with E-state index < -0.39 is 35.0 Å². The number of carbonyl (C=O) groups is 8. The van der Waals surface area contributed by atoms with E-state index in [9.17, 15) is 43.5 Å². The Morgan fingerprint density at radius 3 is 2.08 bits per heavy atom. The zero-order valence-electron chi connectivity index (χ0n) is 27.9. The molecule has 0 saturated carbocycles. The molecule has 19 nitrogen and oxygen atoms in total. The third-order valence-corrected chi connectivity index (χ3v) is 6.53. The summed E-state index contributed by atoms with van der Waals surface area (Å²) < 4.78 is 4.61. The van der Waals surface area contributed by atoms with Crippen molar-refractivity contribution in [2.75, 3.05) is 24.4 Å². The summed E-state index contributed by atoms with van der Waals surface area (Å²) in [5, 5.41) is 21.6. The van der Waals surface area contributed by atoms with Crippen molar-refractivity contribution >= 4 is 88.4 Å². The normalized spacial score (nSPS) is 14.8. The summed E-state index contributed by atoms with van der Waals surface area (Å²) in [5.41, 5.74) is 1.25. The number of nitrogens with one attached hydrogen (secondary N) is 5. The van der Waals surface area contributed by atoms with Crippen molar-refractivity contribution in [3.8, 4) is 5.75 Å². The van der Waals surface area contributed by atoms with Crippen LogP contribution in [0.3, 0.4) is 0 Å². The minimum atomic E-state index is -0.996. The quantitative estimate of drug-likeness (QED) is 0.201. The molecule has 6 amide bonds. The van der Waals surface area contributed by atoms with Crippen LogP contribution in [0.4, 0.5) is 11.5 Å². The number of anilines is 2. The maximum Gasteiger partial charge on any atom is 0.336 e. The van der Waals surface area contributed by atoms with Gasteiger partial charge in [-0.25, -0.2) is 20.0 Å². The molecule has 0 saturated heterocycles. The average molecular weight is 726 g/mol. The number of amides is 6. The molecular formula is C31H32ClN9O10. The smallest absolute Gasteiger partial charge is 0.336 e. The van der Waals surface area contributed by atoms with Crippen LogP contribution >= 0.6 is 11.6 Å². The molecule has 0 spiro atoms. The summed E-state index contributed by atoms with van der Waals surface area (Å²) >= 11 is 5.73. The van der Waals surface area contributed by atoms with E-state index in [0.29, 0.717) is 11.3 Å². The first-order valence-electron chi connectivity index (χ1n) is 14.3. The van der Waals surface area contributed by atoms with Crippen LogP contribution in [0, 0.1) is 0 Å². The van der Waals surface area contributed by atoms with E-state index in [2.05, 4.69) is 71.0 Å². The van der Waals surface area contributed by atoms with Crippen LogP contribution < -0.4 is 37.3 Å². The lowest BCUT2D eigenvalue weighted by Crippen LogP contribution is -2.40. The maximum absolute atomic E-state index is 11.6. The molecule has 0 fully saturated rings. The fraction of sp³-hybridized carbons (Fsp3) is 0.226. The first-order chi connectivity index (χ1) is 23.8. The number of aromatic nitrogens is 1. The predicted octanol–water partition coefficient (Wildman–Crippen LogP) is -0.962. The number of pyridine rings is 1.